The van der Waals surface area contributed by atoms with Crippen molar-refractivity contribution in [3.05, 3.63) is 75.8 Å². The highest BCUT2D eigenvalue weighted by molar-refractivity contribution is 7.59. The van der Waals surface area contributed by atoms with Gasteiger partial charge in [0.1, 0.15) is 23.4 Å². The van der Waals surface area contributed by atoms with Crippen molar-refractivity contribution in [2.75, 3.05) is 84.9 Å². The predicted molar refractivity (Wildman–Crippen MR) is 239 cm³/mol. The lowest BCUT2D eigenvalue weighted by Gasteiger charge is -2.36. The van der Waals surface area contributed by atoms with Crippen LogP contribution in [0.3, 0.4) is 0 Å². The third-order valence-electron chi connectivity index (χ3n) is 9.56. The maximum absolute atomic E-state index is 15.5. The van der Waals surface area contributed by atoms with Gasteiger partial charge >= 0.3 is 23.9 Å². The Kier molecular flexibility index (Phi) is 20.4. The molecule has 0 saturated carbocycles. The van der Waals surface area contributed by atoms with Crippen LogP contribution in [0.5, 0.6) is 0 Å². The van der Waals surface area contributed by atoms with E-state index in [0.29, 0.717) is 44.8 Å². The van der Waals surface area contributed by atoms with E-state index in [0.717, 1.165) is 5.56 Å². The van der Waals surface area contributed by atoms with Crippen LogP contribution in [0.25, 0.3) is 0 Å². The van der Waals surface area contributed by atoms with Crippen molar-refractivity contribution in [3.8, 4) is 0 Å². The second-order valence-corrected chi connectivity index (χ2v) is 21.3. The lowest BCUT2D eigenvalue weighted by Crippen LogP contribution is -2.49. The van der Waals surface area contributed by atoms with Crippen molar-refractivity contribution in [2.24, 2.45) is 0 Å². The van der Waals surface area contributed by atoms with Gasteiger partial charge in [-0.25, -0.2) is 0 Å². The molecule has 1 aliphatic rings. The summed E-state index contributed by atoms with van der Waals surface area (Å²) < 4.78 is 44.4. The molecule has 17 nitrogen and oxygen atoms in total. The quantitative estimate of drug-likeness (QED) is 0.0566. The van der Waals surface area contributed by atoms with Gasteiger partial charge in [0.15, 0.2) is 0 Å². The van der Waals surface area contributed by atoms with E-state index in [9.17, 15) is 29.3 Å². The van der Waals surface area contributed by atoms with Gasteiger partial charge < -0.3 is 23.5 Å². The first kappa shape index (κ1) is 53.1. The van der Waals surface area contributed by atoms with Crippen LogP contribution >= 0.6 is 7.37 Å². The Bertz CT molecular complexity index is 1800. The van der Waals surface area contributed by atoms with Crippen LogP contribution < -0.4 is 0 Å². The number of nitrogens with zero attached hydrogens (tertiary/aromatic N) is 5. The second kappa shape index (κ2) is 24.2. The lowest BCUT2D eigenvalue weighted by atomic mass is 10.1. The van der Waals surface area contributed by atoms with E-state index in [-0.39, 0.29) is 64.3 Å². The molecular weight excluding hydrogens is 833 g/mol. The number of rotatable bonds is 17. The van der Waals surface area contributed by atoms with Crippen LogP contribution in [-0.4, -0.2) is 150 Å². The number of non-ortho nitro benzene ring substituents is 1. The van der Waals surface area contributed by atoms with Gasteiger partial charge in [-0.1, -0.05) is 42.5 Å². The molecule has 0 amide bonds. The van der Waals surface area contributed by atoms with Crippen LogP contribution in [0.2, 0.25) is 0 Å². The van der Waals surface area contributed by atoms with Gasteiger partial charge in [0.25, 0.3) is 5.69 Å². The van der Waals surface area contributed by atoms with Gasteiger partial charge in [-0.3, -0.25) is 53.5 Å². The van der Waals surface area contributed by atoms with Gasteiger partial charge in [0.2, 0.25) is 7.37 Å². The smallest absolute Gasteiger partial charge is 0.320 e. The molecule has 0 spiro atoms. The summed E-state index contributed by atoms with van der Waals surface area (Å²) in [4.78, 5) is 71.9. The number of carbonyl (C=O) groups excluding carboxylic acids is 4. The Morgan fingerprint density at radius 3 is 1.40 bits per heavy atom. The summed E-state index contributed by atoms with van der Waals surface area (Å²) in [6.07, 6.45) is -0.474. The van der Waals surface area contributed by atoms with Gasteiger partial charge in [0, 0.05) is 64.5 Å². The zero-order valence-electron chi connectivity index (χ0n) is 39.0. The van der Waals surface area contributed by atoms with E-state index in [4.69, 9.17) is 23.5 Å². The highest BCUT2D eigenvalue weighted by Gasteiger charge is 2.40. The molecule has 2 atom stereocenters. The SMILES string of the molecule is CCOP(=O)(CN1CCN(CC(=O)OC(C)(C)C)CCN(CC(=O)OC(C)(C)C)CCN(CC(=O)OC(C)(C)C)CC1)C(CC(=O)OCc1ccccc1)c1ccc([N+](=O)[O-])cc1. The molecule has 1 fully saturated rings. The Morgan fingerprint density at radius 1 is 0.635 bits per heavy atom. The molecule has 1 saturated heterocycles. The van der Waals surface area contributed by atoms with Crippen LogP contribution in [0.1, 0.15) is 92.4 Å². The molecule has 2 aromatic carbocycles. The fourth-order valence-corrected chi connectivity index (χ4v) is 9.64. The van der Waals surface area contributed by atoms with Crippen LogP contribution in [0.4, 0.5) is 5.69 Å². The topological polar surface area (TPSA) is 188 Å². The first-order chi connectivity index (χ1) is 29.3. The fraction of sp³-hybridized carbons (Fsp3) is 0.644. The Labute approximate surface area is 373 Å². The van der Waals surface area contributed by atoms with Gasteiger partial charge in [-0.2, -0.15) is 0 Å². The third-order valence-corrected chi connectivity index (χ3v) is 12.5. The van der Waals surface area contributed by atoms with Crippen LogP contribution in [0, 0.1) is 10.1 Å². The normalized spacial score (nSPS) is 17.3. The number of nitro groups is 1. The van der Waals surface area contributed by atoms with E-state index in [1.54, 1.807) is 69.2 Å². The maximum Gasteiger partial charge on any atom is 0.320 e. The van der Waals surface area contributed by atoms with Crippen molar-refractivity contribution >= 4 is 36.9 Å². The Hall–Kier alpha value is -4.25. The van der Waals surface area contributed by atoms with Crippen molar-refractivity contribution in [3.63, 3.8) is 0 Å². The molecule has 1 heterocycles. The summed E-state index contributed by atoms with van der Waals surface area (Å²) >= 11 is 0. The number of hydrogen-bond acceptors (Lipinski definition) is 16. The fourth-order valence-electron chi connectivity index (χ4n) is 6.85. The molecular formula is C45H70N5O12P. The first-order valence-electron chi connectivity index (χ1n) is 21.5. The molecule has 1 aliphatic heterocycles. The first-order valence-corrected chi connectivity index (χ1v) is 23.4. The number of ether oxygens (including phenoxy) is 4. The highest BCUT2D eigenvalue weighted by atomic mass is 31.2. The number of nitro benzene ring substituents is 1. The lowest BCUT2D eigenvalue weighted by molar-refractivity contribution is -0.384. The van der Waals surface area contributed by atoms with E-state index in [1.807, 2.05) is 49.9 Å². The second-order valence-electron chi connectivity index (χ2n) is 18.7. The molecule has 2 aromatic rings. The minimum atomic E-state index is -3.90. The summed E-state index contributed by atoms with van der Waals surface area (Å²) in [6, 6.07) is 14.7. The third kappa shape index (κ3) is 20.9. The number of benzene rings is 2. The van der Waals surface area contributed by atoms with E-state index in [2.05, 4.69) is 0 Å². The minimum absolute atomic E-state index is 0.00607. The highest BCUT2D eigenvalue weighted by Crippen LogP contribution is 2.62. The average molecular weight is 904 g/mol. The predicted octanol–water partition coefficient (Wildman–Crippen LogP) is 6.29. The molecule has 0 bridgehead atoms. The zero-order chi connectivity index (χ0) is 47.0. The Balaban J connectivity index is 2.04. The number of hydrogen-bond donors (Lipinski definition) is 0. The van der Waals surface area contributed by atoms with E-state index in [1.165, 1.54) is 24.3 Å². The summed E-state index contributed by atoms with van der Waals surface area (Å²) in [7, 11) is -3.90. The van der Waals surface area contributed by atoms with Crippen molar-refractivity contribution in [1.29, 1.82) is 0 Å². The molecule has 0 aliphatic carbocycles. The van der Waals surface area contributed by atoms with Crippen molar-refractivity contribution in [2.45, 2.75) is 105 Å². The van der Waals surface area contributed by atoms with Gasteiger partial charge in [-0.15, -0.1) is 0 Å². The standard InChI is InChI=1S/C45H70N5O12P/c1-11-59-63(57,38(36-17-19-37(20-18-36)50(55)56)29-39(51)58-33-35-15-13-12-14-16-35)34-49-27-25-47(31-41(53)61-44(5,6)7)23-21-46(30-40(52)60-43(2,3)4)22-24-48(26-28-49)32-42(54)62-45(8,9)10/h12-20,38H,11,21-34H2,1-10H3. The molecule has 0 radical (unpaired) electrons. The van der Waals surface area contributed by atoms with Gasteiger partial charge in [0.05, 0.1) is 49.5 Å². The van der Waals surface area contributed by atoms with Crippen molar-refractivity contribution < 1.29 is 52.1 Å². The molecule has 0 N–H and O–H groups in total. The minimum Gasteiger partial charge on any atom is -0.461 e. The average Bonchev–Trinajstić information content (AvgIpc) is 3.15. The van der Waals surface area contributed by atoms with E-state index < -0.39 is 58.6 Å². The number of esters is 4. The summed E-state index contributed by atoms with van der Waals surface area (Å²) in [5.74, 6) is -1.90. The van der Waals surface area contributed by atoms with Crippen LogP contribution in [0.15, 0.2) is 54.6 Å². The Morgan fingerprint density at radius 2 is 1.03 bits per heavy atom. The van der Waals surface area contributed by atoms with Crippen LogP contribution in [-0.2, 0) is 53.8 Å². The molecule has 18 heteroatoms. The molecule has 63 heavy (non-hydrogen) atoms. The monoisotopic (exact) mass is 903 g/mol. The zero-order valence-corrected chi connectivity index (χ0v) is 39.9. The van der Waals surface area contributed by atoms with Crippen molar-refractivity contribution in [1.82, 2.24) is 19.6 Å². The largest absolute Gasteiger partial charge is 0.461 e. The molecule has 3 rings (SSSR count). The van der Waals surface area contributed by atoms with Gasteiger partial charge in [-0.05, 0) is 80.4 Å². The molecule has 0 aromatic heterocycles. The molecule has 352 valence electrons. The maximum atomic E-state index is 15.5. The summed E-state index contributed by atoms with van der Waals surface area (Å²) in [5.41, 5.74) is -2.18. The van der Waals surface area contributed by atoms with E-state index >= 15 is 4.57 Å². The molecule has 2 unspecified atom stereocenters. The summed E-state index contributed by atoms with van der Waals surface area (Å²) in [6.45, 7) is 20.3. The summed E-state index contributed by atoms with van der Waals surface area (Å²) in [5, 5.41) is 11.6. The number of carbonyl (C=O) groups is 4.